The molecule has 2 aromatic heterocycles. The van der Waals surface area contributed by atoms with E-state index >= 15 is 0 Å². The molecule has 0 aliphatic carbocycles. The molecule has 7 N–H and O–H groups in total. The smallest absolute Gasteiger partial charge is 0.255 e. The fourth-order valence-electron chi connectivity index (χ4n) is 5.11. The van der Waals surface area contributed by atoms with Gasteiger partial charge in [-0.05, 0) is 53.1 Å². The molecule has 2 heterocycles. The molecular formula is C36H30N6O3. The Kier molecular flexibility index (Phi) is 8.23. The zero-order valence-electron chi connectivity index (χ0n) is 24.1. The van der Waals surface area contributed by atoms with Crippen LogP contribution in [-0.2, 0) is 9.59 Å². The Balaban J connectivity index is 1.29. The van der Waals surface area contributed by atoms with Crippen LogP contribution in [0.1, 0.15) is 21.8 Å². The Bertz CT molecular complexity index is 1850. The van der Waals surface area contributed by atoms with Crippen molar-refractivity contribution in [2.45, 2.75) is 5.92 Å². The van der Waals surface area contributed by atoms with Crippen molar-refractivity contribution in [3.63, 3.8) is 0 Å². The standard InChI is InChI=1S/C36H30N6O3/c37-29-13-7-8-14-30(29)40-34(43)26-17-15-25(16-18-26)31(35(44)41-32-27(19-21-38-32)23-9-3-1-4-10-23)36(45)42-33-28(20-22-39-33)24-11-5-2-6-12-24/h1-22,31,38-39H,37H2,(H,40,43)(H,41,44)(H,42,45). The number of nitrogen functional groups attached to an aromatic ring is 1. The summed E-state index contributed by atoms with van der Waals surface area (Å²) in [6.07, 6.45) is 3.45. The van der Waals surface area contributed by atoms with Crippen molar-refractivity contribution in [1.82, 2.24) is 9.97 Å². The molecule has 45 heavy (non-hydrogen) atoms. The zero-order valence-corrected chi connectivity index (χ0v) is 24.1. The van der Waals surface area contributed by atoms with E-state index in [1.807, 2.05) is 72.8 Å². The van der Waals surface area contributed by atoms with Gasteiger partial charge < -0.3 is 31.7 Å². The van der Waals surface area contributed by atoms with E-state index in [1.165, 1.54) is 0 Å². The van der Waals surface area contributed by atoms with E-state index in [1.54, 1.807) is 60.9 Å². The van der Waals surface area contributed by atoms with Gasteiger partial charge in [0.1, 0.15) is 17.6 Å². The fraction of sp³-hybridized carbons (Fsp3) is 0.0278. The molecule has 9 heteroatoms. The highest BCUT2D eigenvalue weighted by molar-refractivity contribution is 6.16. The summed E-state index contributed by atoms with van der Waals surface area (Å²) in [6.45, 7) is 0. The van der Waals surface area contributed by atoms with E-state index in [4.69, 9.17) is 5.73 Å². The van der Waals surface area contributed by atoms with Crippen LogP contribution in [0.3, 0.4) is 0 Å². The summed E-state index contributed by atoms with van der Waals surface area (Å²) in [4.78, 5) is 46.9. The molecule has 6 rings (SSSR count). The van der Waals surface area contributed by atoms with Gasteiger partial charge in [-0.3, -0.25) is 14.4 Å². The molecule has 0 bridgehead atoms. The normalized spacial score (nSPS) is 10.8. The molecule has 0 saturated carbocycles. The number of carbonyl (C=O) groups is 3. The number of H-pyrrole nitrogens is 2. The molecule has 222 valence electrons. The van der Waals surface area contributed by atoms with E-state index in [0.29, 0.717) is 34.1 Å². The first-order valence-corrected chi connectivity index (χ1v) is 14.3. The maximum atomic E-state index is 13.9. The highest BCUT2D eigenvalue weighted by atomic mass is 16.2. The monoisotopic (exact) mass is 594 g/mol. The lowest BCUT2D eigenvalue weighted by molar-refractivity contribution is -0.126. The van der Waals surface area contributed by atoms with Crippen molar-refractivity contribution < 1.29 is 14.4 Å². The van der Waals surface area contributed by atoms with Gasteiger partial charge >= 0.3 is 0 Å². The van der Waals surface area contributed by atoms with Gasteiger partial charge in [0.2, 0.25) is 11.8 Å². The summed E-state index contributed by atoms with van der Waals surface area (Å²) in [5.74, 6) is -1.80. The molecule has 0 atom stereocenters. The third kappa shape index (κ3) is 6.37. The van der Waals surface area contributed by atoms with E-state index in [0.717, 1.165) is 22.3 Å². The molecule has 0 unspecified atom stereocenters. The van der Waals surface area contributed by atoms with Crippen LogP contribution in [0.4, 0.5) is 23.0 Å². The summed E-state index contributed by atoms with van der Waals surface area (Å²) >= 11 is 0. The number of amides is 3. The first kappa shape index (κ1) is 28.8. The summed E-state index contributed by atoms with van der Waals surface area (Å²) in [6, 6.07) is 36.3. The molecule has 0 fully saturated rings. The number of aromatic amines is 2. The van der Waals surface area contributed by atoms with Crippen LogP contribution in [-0.4, -0.2) is 27.7 Å². The minimum atomic E-state index is -1.26. The average Bonchev–Trinajstić information content (AvgIpc) is 3.73. The Morgan fingerprint density at radius 2 is 1.04 bits per heavy atom. The molecule has 3 amide bonds. The number of anilines is 4. The number of hydrogen-bond acceptors (Lipinski definition) is 4. The van der Waals surface area contributed by atoms with Crippen LogP contribution in [0.25, 0.3) is 22.3 Å². The van der Waals surface area contributed by atoms with Crippen LogP contribution >= 0.6 is 0 Å². The molecule has 9 nitrogen and oxygen atoms in total. The average molecular weight is 595 g/mol. The Labute approximate surface area is 259 Å². The number of nitrogens with one attached hydrogen (secondary N) is 5. The maximum Gasteiger partial charge on any atom is 0.255 e. The molecule has 0 aliphatic rings. The number of carbonyl (C=O) groups excluding carboxylic acids is 3. The molecule has 0 radical (unpaired) electrons. The minimum absolute atomic E-state index is 0.341. The molecule has 0 saturated heterocycles. The van der Waals surface area contributed by atoms with Crippen molar-refractivity contribution in [3.8, 4) is 22.3 Å². The number of benzene rings is 4. The van der Waals surface area contributed by atoms with Crippen molar-refractivity contribution in [3.05, 3.63) is 145 Å². The molecule has 0 aliphatic heterocycles. The van der Waals surface area contributed by atoms with Crippen molar-refractivity contribution in [2.24, 2.45) is 0 Å². The third-order valence-electron chi connectivity index (χ3n) is 7.40. The minimum Gasteiger partial charge on any atom is -0.397 e. The summed E-state index contributed by atoms with van der Waals surface area (Å²) < 4.78 is 0. The first-order chi connectivity index (χ1) is 22.0. The van der Waals surface area contributed by atoms with Crippen LogP contribution < -0.4 is 21.7 Å². The number of hydrogen-bond donors (Lipinski definition) is 6. The topological polar surface area (TPSA) is 145 Å². The number of aromatic nitrogens is 2. The van der Waals surface area contributed by atoms with Gasteiger partial charge in [0.05, 0.1) is 11.4 Å². The van der Waals surface area contributed by atoms with Gasteiger partial charge in [-0.2, -0.15) is 0 Å². The third-order valence-corrected chi connectivity index (χ3v) is 7.40. The number of nitrogens with two attached hydrogens (primary N) is 1. The lowest BCUT2D eigenvalue weighted by Gasteiger charge is -2.18. The Morgan fingerprint density at radius 3 is 1.56 bits per heavy atom. The van der Waals surface area contributed by atoms with Gasteiger partial charge in [-0.15, -0.1) is 0 Å². The number of rotatable bonds is 9. The van der Waals surface area contributed by atoms with Crippen LogP contribution in [0.2, 0.25) is 0 Å². The summed E-state index contributed by atoms with van der Waals surface area (Å²) in [5, 5.41) is 8.62. The Morgan fingerprint density at radius 1 is 0.556 bits per heavy atom. The lowest BCUT2D eigenvalue weighted by Crippen LogP contribution is -2.32. The van der Waals surface area contributed by atoms with Crippen LogP contribution in [0, 0.1) is 0 Å². The van der Waals surface area contributed by atoms with Gasteiger partial charge in [-0.1, -0.05) is 84.9 Å². The SMILES string of the molecule is Nc1ccccc1NC(=O)c1ccc(C(C(=O)Nc2[nH]ccc2-c2ccccc2)C(=O)Nc2[nH]ccc2-c2ccccc2)cc1. The van der Waals surface area contributed by atoms with E-state index in [9.17, 15) is 14.4 Å². The van der Waals surface area contributed by atoms with Crippen LogP contribution in [0.5, 0.6) is 0 Å². The van der Waals surface area contributed by atoms with Gasteiger partial charge in [-0.25, -0.2) is 0 Å². The molecule has 0 spiro atoms. The first-order valence-electron chi connectivity index (χ1n) is 14.3. The van der Waals surface area contributed by atoms with E-state index in [2.05, 4.69) is 25.9 Å². The fourth-order valence-corrected chi connectivity index (χ4v) is 5.11. The second-order valence-electron chi connectivity index (χ2n) is 10.3. The molecular weight excluding hydrogens is 564 g/mol. The lowest BCUT2D eigenvalue weighted by atomic mass is 9.95. The highest BCUT2D eigenvalue weighted by Crippen LogP contribution is 2.31. The highest BCUT2D eigenvalue weighted by Gasteiger charge is 2.31. The van der Waals surface area contributed by atoms with Crippen molar-refractivity contribution in [1.29, 1.82) is 0 Å². The van der Waals surface area contributed by atoms with Crippen LogP contribution in [0.15, 0.2) is 134 Å². The summed E-state index contributed by atoms with van der Waals surface area (Å²) in [7, 11) is 0. The zero-order chi connectivity index (χ0) is 31.2. The van der Waals surface area contributed by atoms with Crippen molar-refractivity contribution >= 4 is 40.7 Å². The quantitative estimate of drug-likeness (QED) is 0.0801. The maximum absolute atomic E-state index is 13.9. The van der Waals surface area contributed by atoms with Crippen molar-refractivity contribution in [2.75, 3.05) is 21.7 Å². The molecule has 6 aromatic rings. The van der Waals surface area contributed by atoms with E-state index in [-0.39, 0.29) is 5.91 Å². The summed E-state index contributed by atoms with van der Waals surface area (Å²) in [5.41, 5.74) is 11.0. The van der Waals surface area contributed by atoms with Gasteiger partial charge in [0.25, 0.3) is 5.91 Å². The van der Waals surface area contributed by atoms with Gasteiger partial charge in [0.15, 0.2) is 0 Å². The second-order valence-corrected chi connectivity index (χ2v) is 10.3. The molecule has 4 aromatic carbocycles. The number of para-hydroxylation sites is 2. The Hall–Kier alpha value is -6.35. The second kappa shape index (κ2) is 12.9. The predicted molar refractivity (Wildman–Crippen MR) is 178 cm³/mol. The predicted octanol–water partition coefficient (Wildman–Crippen LogP) is 6.87. The van der Waals surface area contributed by atoms with E-state index < -0.39 is 17.7 Å². The largest absolute Gasteiger partial charge is 0.397 e. The van der Waals surface area contributed by atoms with Gasteiger partial charge in [0, 0.05) is 29.1 Å².